The van der Waals surface area contributed by atoms with Crippen LogP contribution in [0.1, 0.15) is 38.7 Å². The Morgan fingerprint density at radius 3 is 2.60 bits per heavy atom. The molecule has 0 aromatic heterocycles. The van der Waals surface area contributed by atoms with Gasteiger partial charge in [-0.2, -0.15) is 0 Å². The molecule has 3 nitrogen and oxygen atoms in total. The summed E-state index contributed by atoms with van der Waals surface area (Å²) in [5, 5.41) is 12.0. The van der Waals surface area contributed by atoms with Gasteiger partial charge in [0.15, 0.2) is 0 Å². The number of hydrogen-bond acceptors (Lipinski definition) is 2. The summed E-state index contributed by atoms with van der Waals surface area (Å²) in [4.78, 5) is 10.6. The fourth-order valence-corrected chi connectivity index (χ4v) is 1.82. The Morgan fingerprint density at radius 1 is 1.25 bits per heavy atom. The number of benzene rings is 1. The number of hydrogen-bond donors (Lipinski definition) is 2. The van der Waals surface area contributed by atoms with Gasteiger partial charge < -0.3 is 10.4 Å². The summed E-state index contributed by atoms with van der Waals surface area (Å²) < 4.78 is 0. The second-order valence-corrected chi connectivity index (χ2v) is 5.65. The first kappa shape index (κ1) is 16.3. The lowest BCUT2D eigenvalue weighted by Crippen LogP contribution is -2.23. The quantitative estimate of drug-likeness (QED) is 0.593. The number of carboxylic acid groups (broad SMARTS) is 1. The molecule has 0 aliphatic carbocycles. The van der Waals surface area contributed by atoms with E-state index in [0.29, 0.717) is 13.0 Å². The van der Waals surface area contributed by atoms with Gasteiger partial charge in [-0.15, -0.1) is 0 Å². The number of carbonyl (C=O) groups is 1. The van der Waals surface area contributed by atoms with Crippen LogP contribution in [0, 0.1) is 17.3 Å². The van der Waals surface area contributed by atoms with Crippen LogP contribution >= 0.6 is 0 Å². The first-order valence-electron chi connectivity index (χ1n) is 6.96. The average molecular weight is 273 g/mol. The number of carboxylic acids is 1. The molecule has 0 heterocycles. The first-order valence-corrected chi connectivity index (χ1v) is 6.96. The highest BCUT2D eigenvalue weighted by Gasteiger charge is 2.18. The normalized spacial score (nSPS) is 10.7. The molecule has 0 saturated heterocycles. The van der Waals surface area contributed by atoms with Crippen LogP contribution in [-0.2, 0) is 4.79 Å². The molecule has 0 saturated carbocycles. The molecule has 3 heteroatoms. The lowest BCUT2D eigenvalue weighted by Gasteiger charge is -2.23. The summed E-state index contributed by atoms with van der Waals surface area (Å²) in [5.74, 6) is 5.45. The van der Waals surface area contributed by atoms with Crippen molar-refractivity contribution >= 4 is 5.97 Å². The zero-order valence-electron chi connectivity index (χ0n) is 12.3. The third-order valence-corrected chi connectivity index (χ3v) is 3.21. The van der Waals surface area contributed by atoms with Crippen molar-refractivity contribution in [3.05, 3.63) is 35.9 Å². The van der Waals surface area contributed by atoms with Gasteiger partial charge in [-0.3, -0.25) is 4.79 Å². The van der Waals surface area contributed by atoms with E-state index in [0.717, 1.165) is 18.5 Å². The monoisotopic (exact) mass is 273 g/mol. The molecule has 1 aromatic rings. The second-order valence-electron chi connectivity index (χ2n) is 5.65. The van der Waals surface area contributed by atoms with Gasteiger partial charge in [0.1, 0.15) is 0 Å². The molecule has 0 atom stereocenters. The highest BCUT2D eigenvalue weighted by Crippen LogP contribution is 2.25. The molecular weight excluding hydrogens is 250 g/mol. The Kier molecular flexibility index (Phi) is 6.83. The topological polar surface area (TPSA) is 49.3 Å². The minimum atomic E-state index is -0.722. The Balaban J connectivity index is 2.19. The molecule has 0 unspecified atom stereocenters. The van der Waals surface area contributed by atoms with Crippen LogP contribution in [0.3, 0.4) is 0 Å². The lowest BCUT2D eigenvalue weighted by atomic mass is 9.84. The van der Waals surface area contributed by atoms with Crippen molar-refractivity contribution in [2.24, 2.45) is 5.41 Å². The van der Waals surface area contributed by atoms with Gasteiger partial charge in [0.25, 0.3) is 0 Å². The molecule has 2 N–H and O–H groups in total. The third kappa shape index (κ3) is 7.60. The standard InChI is InChI=1S/C17H23NO2/c1-17(2,11-10-16(19)20)12-14-18-13-6-9-15-7-4-3-5-8-15/h3-5,7-8,18H,10-14H2,1-2H3,(H,19,20). The predicted octanol–water partition coefficient (Wildman–Crippen LogP) is 2.91. The number of nitrogens with one attached hydrogen (secondary N) is 1. The zero-order chi connectivity index (χ0) is 14.8. The minimum Gasteiger partial charge on any atom is -0.481 e. The maximum Gasteiger partial charge on any atom is 0.303 e. The van der Waals surface area contributed by atoms with E-state index in [1.165, 1.54) is 0 Å². The van der Waals surface area contributed by atoms with Crippen LogP contribution in [-0.4, -0.2) is 24.2 Å². The fraction of sp³-hybridized carbons (Fsp3) is 0.471. The summed E-state index contributed by atoms with van der Waals surface area (Å²) in [6, 6.07) is 9.90. The van der Waals surface area contributed by atoms with E-state index < -0.39 is 5.97 Å². The Labute approximate surface area is 121 Å². The molecule has 108 valence electrons. The van der Waals surface area contributed by atoms with Crippen LogP contribution < -0.4 is 5.32 Å². The smallest absolute Gasteiger partial charge is 0.303 e. The summed E-state index contributed by atoms with van der Waals surface area (Å²) in [7, 11) is 0. The van der Waals surface area contributed by atoms with Crippen molar-refractivity contribution in [1.29, 1.82) is 0 Å². The highest BCUT2D eigenvalue weighted by atomic mass is 16.4. The SMILES string of the molecule is CC(C)(CCNCC#Cc1ccccc1)CCC(=O)O. The molecule has 0 bridgehead atoms. The molecule has 0 spiro atoms. The van der Waals surface area contributed by atoms with E-state index in [1.807, 2.05) is 30.3 Å². The van der Waals surface area contributed by atoms with Crippen molar-refractivity contribution in [3.63, 3.8) is 0 Å². The fourth-order valence-electron chi connectivity index (χ4n) is 1.82. The van der Waals surface area contributed by atoms with Crippen LogP contribution in [0.5, 0.6) is 0 Å². The van der Waals surface area contributed by atoms with Gasteiger partial charge in [-0.25, -0.2) is 0 Å². The van der Waals surface area contributed by atoms with Crippen molar-refractivity contribution in [2.45, 2.75) is 33.1 Å². The highest BCUT2D eigenvalue weighted by molar-refractivity contribution is 5.66. The summed E-state index contributed by atoms with van der Waals surface area (Å²) in [5.41, 5.74) is 1.08. The maximum atomic E-state index is 10.6. The van der Waals surface area contributed by atoms with Gasteiger partial charge in [0.05, 0.1) is 6.54 Å². The van der Waals surface area contributed by atoms with E-state index in [9.17, 15) is 4.79 Å². The maximum absolute atomic E-state index is 10.6. The van der Waals surface area contributed by atoms with E-state index >= 15 is 0 Å². The third-order valence-electron chi connectivity index (χ3n) is 3.21. The van der Waals surface area contributed by atoms with E-state index in [1.54, 1.807) is 0 Å². The zero-order valence-corrected chi connectivity index (χ0v) is 12.3. The summed E-state index contributed by atoms with van der Waals surface area (Å²) in [6.07, 6.45) is 1.90. The summed E-state index contributed by atoms with van der Waals surface area (Å²) >= 11 is 0. The molecule has 1 aromatic carbocycles. The Bertz CT molecular complexity index is 469. The number of aliphatic carboxylic acids is 1. The molecule has 20 heavy (non-hydrogen) atoms. The lowest BCUT2D eigenvalue weighted by molar-refractivity contribution is -0.137. The van der Waals surface area contributed by atoms with Crippen LogP contribution in [0.2, 0.25) is 0 Å². The van der Waals surface area contributed by atoms with Crippen LogP contribution in [0.25, 0.3) is 0 Å². The molecule has 0 aliphatic rings. The van der Waals surface area contributed by atoms with Crippen molar-refractivity contribution in [2.75, 3.05) is 13.1 Å². The second kappa shape index (κ2) is 8.39. The molecule has 0 aliphatic heterocycles. The van der Waals surface area contributed by atoms with Crippen molar-refractivity contribution < 1.29 is 9.90 Å². The van der Waals surface area contributed by atoms with Crippen molar-refractivity contribution in [3.8, 4) is 11.8 Å². The minimum absolute atomic E-state index is 0.0538. The van der Waals surface area contributed by atoms with E-state index in [2.05, 4.69) is 31.0 Å². The molecule has 1 rings (SSSR count). The van der Waals surface area contributed by atoms with Gasteiger partial charge in [0.2, 0.25) is 0 Å². The van der Waals surface area contributed by atoms with Gasteiger partial charge >= 0.3 is 5.97 Å². The van der Waals surface area contributed by atoms with Gasteiger partial charge in [0, 0.05) is 12.0 Å². The van der Waals surface area contributed by atoms with E-state index in [-0.39, 0.29) is 11.8 Å². The Hall–Kier alpha value is -1.79. The van der Waals surface area contributed by atoms with E-state index in [4.69, 9.17) is 5.11 Å². The largest absolute Gasteiger partial charge is 0.481 e. The van der Waals surface area contributed by atoms with Gasteiger partial charge in [-0.05, 0) is 36.9 Å². The molecule has 0 radical (unpaired) electrons. The molecule has 0 amide bonds. The number of rotatable bonds is 7. The first-order chi connectivity index (χ1) is 9.49. The predicted molar refractivity (Wildman–Crippen MR) is 81.5 cm³/mol. The van der Waals surface area contributed by atoms with Gasteiger partial charge in [-0.1, -0.05) is 43.9 Å². The molecular formula is C17H23NO2. The summed E-state index contributed by atoms with van der Waals surface area (Å²) in [6.45, 7) is 5.72. The average Bonchev–Trinajstić information content (AvgIpc) is 2.42. The van der Waals surface area contributed by atoms with Crippen molar-refractivity contribution in [1.82, 2.24) is 5.32 Å². The van der Waals surface area contributed by atoms with Crippen LogP contribution in [0.15, 0.2) is 30.3 Å². The Morgan fingerprint density at radius 2 is 1.95 bits per heavy atom. The molecule has 0 fully saturated rings. The van der Waals surface area contributed by atoms with Crippen LogP contribution in [0.4, 0.5) is 0 Å².